The summed E-state index contributed by atoms with van der Waals surface area (Å²) >= 11 is 0. The number of carbonyl (C=O) groups excluding carboxylic acids is 1. The predicted molar refractivity (Wildman–Crippen MR) is 72.0 cm³/mol. The standard InChI is InChI=1S/C15H19NO3/c1-10-6-3-4-7-12(10)14(17)16-9-5-8-13(11(16)2)15(18)19/h3-4,6-7,11,13H,5,8-9H2,1-2H3,(H,18,19)/t11-,13-/m1/s1. The number of aliphatic carboxylic acids is 1. The number of likely N-dealkylation sites (tertiary alicyclic amines) is 1. The first-order valence-corrected chi connectivity index (χ1v) is 6.61. The van der Waals surface area contributed by atoms with Gasteiger partial charge in [-0.2, -0.15) is 0 Å². The third-order valence-electron chi connectivity index (χ3n) is 3.94. The van der Waals surface area contributed by atoms with Gasteiger partial charge in [-0.05, 0) is 38.3 Å². The van der Waals surface area contributed by atoms with Crippen LogP contribution in [-0.4, -0.2) is 34.5 Å². The molecule has 1 aromatic carbocycles. The molecule has 0 saturated carbocycles. The second-order valence-electron chi connectivity index (χ2n) is 5.14. The highest BCUT2D eigenvalue weighted by Gasteiger charge is 2.35. The van der Waals surface area contributed by atoms with E-state index in [2.05, 4.69) is 0 Å². The zero-order valence-electron chi connectivity index (χ0n) is 11.3. The van der Waals surface area contributed by atoms with Gasteiger partial charge in [-0.3, -0.25) is 9.59 Å². The number of amides is 1. The van der Waals surface area contributed by atoms with Crippen molar-refractivity contribution in [3.05, 3.63) is 35.4 Å². The zero-order chi connectivity index (χ0) is 14.0. The van der Waals surface area contributed by atoms with Crippen molar-refractivity contribution in [2.24, 2.45) is 5.92 Å². The highest BCUT2D eigenvalue weighted by molar-refractivity contribution is 5.96. The first-order chi connectivity index (χ1) is 9.02. The lowest BCUT2D eigenvalue weighted by Crippen LogP contribution is -2.49. The van der Waals surface area contributed by atoms with Gasteiger partial charge >= 0.3 is 5.97 Å². The predicted octanol–water partition coefficient (Wildman–Crippen LogP) is 2.32. The van der Waals surface area contributed by atoms with Crippen LogP contribution in [0.25, 0.3) is 0 Å². The fourth-order valence-electron chi connectivity index (χ4n) is 2.73. The molecule has 2 rings (SSSR count). The molecule has 0 bridgehead atoms. The number of carboxylic acid groups (broad SMARTS) is 1. The summed E-state index contributed by atoms with van der Waals surface area (Å²) in [7, 11) is 0. The molecule has 4 heteroatoms. The Hall–Kier alpha value is -1.84. The number of aryl methyl sites for hydroxylation is 1. The van der Waals surface area contributed by atoms with Crippen LogP contribution >= 0.6 is 0 Å². The van der Waals surface area contributed by atoms with Crippen molar-refractivity contribution in [1.29, 1.82) is 0 Å². The summed E-state index contributed by atoms with van der Waals surface area (Å²) in [5.74, 6) is -1.33. The molecule has 0 aromatic heterocycles. The molecule has 1 amide bonds. The molecule has 1 fully saturated rings. The monoisotopic (exact) mass is 261 g/mol. The average molecular weight is 261 g/mol. The summed E-state index contributed by atoms with van der Waals surface area (Å²) in [4.78, 5) is 25.4. The van der Waals surface area contributed by atoms with Gasteiger partial charge in [0.2, 0.25) is 0 Å². The number of carboxylic acids is 1. The minimum Gasteiger partial charge on any atom is -0.481 e. The van der Waals surface area contributed by atoms with Crippen LogP contribution in [-0.2, 0) is 4.79 Å². The Kier molecular flexibility index (Phi) is 3.88. The van der Waals surface area contributed by atoms with Gasteiger partial charge in [-0.15, -0.1) is 0 Å². The van der Waals surface area contributed by atoms with Crippen LogP contribution in [0.2, 0.25) is 0 Å². The van der Waals surface area contributed by atoms with E-state index in [1.165, 1.54) is 0 Å². The number of benzene rings is 1. The molecule has 0 spiro atoms. The summed E-state index contributed by atoms with van der Waals surface area (Å²) in [5, 5.41) is 9.20. The third-order valence-corrected chi connectivity index (χ3v) is 3.94. The van der Waals surface area contributed by atoms with Crippen LogP contribution < -0.4 is 0 Å². The SMILES string of the molecule is Cc1ccccc1C(=O)N1CCC[C@@H](C(=O)O)[C@H]1C. The van der Waals surface area contributed by atoms with Crippen LogP contribution in [0.3, 0.4) is 0 Å². The second kappa shape index (κ2) is 5.43. The van der Waals surface area contributed by atoms with E-state index in [0.29, 0.717) is 18.5 Å². The van der Waals surface area contributed by atoms with Crippen LogP contribution in [0.1, 0.15) is 35.7 Å². The molecular formula is C15H19NO3. The number of nitrogens with zero attached hydrogens (tertiary/aromatic N) is 1. The molecule has 1 aliphatic heterocycles. The molecule has 0 radical (unpaired) electrons. The number of carbonyl (C=O) groups is 2. The van der Waals surface area contributed by atoms with E-state index in [0.717, 1.165) is 12.0 Å². The molecular weight excluding hydrogens is 242 g/mol. The van der Waals surface area contributed by atoms with E-state index < -0.39 is 11.9 Å². The van der Waals surface area contributed by atoms with Gasteiger partial charge < -0.3 is 10.0 Å². The lowest BCUT2D eigenvalue weighted by Gasteiger charge is -2.37. The molecule has 102 valence electrons. The maximum atomic E-state index is 12.5. The van der Waals surface area contributed by atoms with Crippen molar-refractivity contribution in [3.8, 4) is 0 Å². The molecule has 1 aromatic rings. The largest absolute Gasteiger partial charge is 0.481 e. The van der Waals surface area contributed by atoms with E-state index in [1.54, 1.807) is 11.0 Å². The second-order valence-corrected chi connectivity index (χ2v) is 5.14. The molecule has 1 N–H and O–H groups in total. The lowest BCUT2D eigenvalue weighted by atomic mass is 9.89. The van der Waals surface area contributed by atoms with Crippen LogP contribution in [0.15, 0.2) is 24.3 Å². The Morgan fingerprint density at radius 2 is 2.00 bits per heavy atom. The van der Waals surface area contributed by atoms with Crippen LogP contribution in [0.4, 0.5) is 0 Å². The van der Waals surface area contributed by atoms with Gasteiger partial charge in [-0.1, -0.05) is 18.2 Å². The summed E-state index contributed by atoms with van der Waals surface area (Å²) in [6.07, 6.45) is 1.40. The van der Waals surface area contributed by atoms with Gasteiger partial charge in [0, 0.05) is 18.2 Å². The van der Waals surface area contributed by atoms with E-state index in [-0.39, 0.29) is 11.9 Å². The fourth-order valence-corrected chi connectivity index (χ4v) is 2.73. The van der Waals surface area contributed by atoms with Gasteiger partial charge in [0.1, 0.15) is 0 Å². The van der Waals surface area contributed by atoms with E-state index in [9.17, 15) is 14.7 Å². The van der Waals surface area contributed by atoms with Crippen molar-refractivity contribution < 1.29 is 14.7 Å². The van der Waals surface area contributed by atoms with Crippen molar-refractivity contribution in [1.82, 2.24) is 4.90 Å². The summed E-state index contributed by atoms with van der Waals surface area (Å²) in [6.45, 7) is 4.36. The highest BCUT2D eigenvalue weighted by atomic mass is 16.4. The topological polar surface area (TPSA) is 57.6 Å². The molecule has 0 unspecified atom stereocenters. The third kappa shape index (κ3) is 2.62. The summed E-state index contributed by atoms with van der Waals surface area (Å²) in [5.41, 5.74) is 1.59. The normalized spacial score (nSPS) is 23.2. The maximum absolute atomic E-state index is 12.5. The molecule has 2 atom stereocenters. The van der Waals surface area contributed by atoms with Gasteiger partial charge in [0.25, 0.3) is 5.91 Å². The van der Waals surface area contributed by atoms with Gasteiger partial charge in [0.05, 0.1) is 5.92 Å². The van der Waals surface area contributed by atoms with Crippen molar-refractivity contribution >= 4 is 11.9 Å². The minimum absolute atomic E-state index is 0.0587. The quantitative estimate of drug-likeness (QED) is 0.888. The number of hydrogen-bond donors (Lipinski definition) is 1. The van der Waals surface area contributed by atoms with E-state index in [1.807, 2.05) is 32.0 Å². The van der Waals surface area contributed by atoms with Crippen molar-refractivity contribution in [2.75, 3.05) is 6.54 Å². The zero-order valence-corrected chi connectivity index (χ0v) is 11.3. The Morgan fingerprint density at radius 3 is 2.63 bits per heavy atom. The Morgan fingerprint density at radius 1 is 1.32 bits per heavy atom. The molecule has 1 heterocycles. The summed E-state index contributed by atoms with van der Waals surface area (Å²) in [6, 6.07) is 7.18. The average Bonchev–Trinajstić information content (AvgIpc) is 2.38. The molecule has 4 nitrogen and oxygen atoms in total. The van der Waals surface area contributed by atoms with Crippen molar-refractivity contribution in [2.45, 2.75) is 32.7 Å². The van der Waals surface area contributed by atoms with Crippen LogP contribution in [0, 0.1) is 12.8 Å². The number of hydrogen-bond acceptors (Lipinski definition) is 2. The first kappa shape index (κ1) is 13.6. The smallest absolute Gasteiger partial charge is 0.308 e. The summed E-state index contributed by atoms with van der Waals surface area (Å²) < 4.78 is 0. The van der Waals surface area contributed by atoms with Gasteiger partial charge in [-0.25, -0.2) is 0 Å². The molecule has 1 saturated heterocycles. The fraction of sp³-hybridized carbons (Fsp3) is 0.467. The van der Waals surface area contributed by atoms with Crippen LogP contribution in [0.5, 0.6) is 0 Å². The first-order valence-electron chi connectivity index (χ1n) is 6.61. The lowest BCUT2D eigenvalue weighted by molar-refractivity contribution is -0.144. The van der Waals surface area contributed by atoms with Gasteiger partial charge in [0.15, 0.2) is 0 Å². The van der Waals surface area contributed by atoms with Crippen molar-refractivity contribution in [3.63, 3.8) is 0 Å². The van der Waals surface area contributed by atoms with E-state index >= 15 is 0 Å². The molecule has 19 heavy (non-hydrogen) atoms. The van der Waals surface area contributed by atoms with E-state index in [4.69, 9.17) is 0 Å². The maximum Gasteiger partial charge on any atom is 0.308 e. The molecule has 0 aliphatic carbocycles. The highest BCUT2D eigenvalue weighted by Crippen LogP contribution is 2.26. The Labute approximate surface area is 113 Å². The Bertz CT molecular complexity index is 498. The number of rotatable bonds is 2. The molecule has 1 aliphatic rings. The number of piperidine rings is 1. The Balaban J connectivity index is 2.24. The minimum atomic E-state index is -0.810.